The third-order valence-corrected chi connectivity index (χ3v) is 4.86. The number of nitrogens with zero attached hydrogens (tertiary/aromatic N) is 3. The normalized spacial score (nSPS) is 16.5. The highest BCUT2D eigenvalue weighted by Crippen LogP contribution is 2.31. The van der Waals surface area contributed by atoms with E-state index in [1.807, 2.05) is 60.3 Å². The average Bonchev–Trinajstić information content (AvgIpc) is 2.67. The Bertz CT molecular complexity index is 710. The Kier molecular flexibility index (Phi) is 5.34. The van der Waals surface area contributed by atoms with E-state index in [0.29, 0.717) is 24.5 Å². The number of aromatic nitrogens is 1. The monoisotopic (exact) mass is 339 g/mol. The SMILES string of the molecule is CN(C)c1ncccc1C(=O)N1CCC([C@H](O)c2ccccc2)CC1. The topological polar surface area (TPSA) is 56.7 Å². The molecule has 0 spiro atoms. The minimum atomic E-state index is -0.464. The summed E-state index contributed by atoms with van der Waals surface area (Å²) in [6.07, 6.45) is 2.85. The van der Waals surface area contributed by atoms with Crippen LogP contribution < -0.4 is 4.90 Å². The van der Waals surface area contributed by atoms with Crippen molar-refractivity contribution in [3.63, 3.8) is 0 Å². The molecule has 1 saturated heterocycles. The van der Waals surface area contributed by atoms with Crippen molar-refractivity contribution in [2.75, 3.05) is 32.1 Å². The highest BCUT2D eigenvalue weighted by Gasteiger charge is 2.29. The smallest absolute Gasteiger partial charge is 0.257 e. The number of anilines is 1. The van der Waals surface area contributed by atoms with Crippen molar-refractivity contribution in [3.05, 3.63) is 59.8 Å². The second kappa shape index (κ2) is 7.66. The van der Waals surface area contributed by atoms with Gasteiger partial charge in [-0.05, 0) is 36.5 Å². The van der Waals surface area contributed by atoms with Crippen molar-refractivity contribution in [2.45, 2.75) is 18.9 Å². The Labute approximate surface area is 148 Å². The molecule has 25 heavy (non-hydrogen) atoms. The molecule has 5 heteroatoms. The first-order valence-electron chi connectivity index (χ1n) is 8.72. The summed E-state index contributed by atoms with van der Waals surface area (Å²) in [7, 11) is 3.78. The summed E-state index contributed by atoms with van der Waals surface area (Å²) < 4.78 is 0. The number of aliphatic hydroxyl groups is 1. The number of amides is 1. The molecule has 1 aromatic heterocycles. The third kappa shape index (κ3) is 3.82. The van der Waals surface area contributed by atoms with Crippen molar-refractivity contribution in [3.8, 4) is 0 Å². The number of aliphatic hydroxyl groups excluding tert-OH is 1. The van der Waals surface area contributed by atoms with Crippen LogP contribution in [0.25, 0.3) is 0 Å². The van der Waals surface area contributed by atoms with Crippen LogP contribution in [0.5, 0.6) is 0 Å². The average molecular weight is 339 g/mol. The molecule has 0 saturated carbocycles. The minimum absolute atomic E-state index is 0.0180. The van der Waals surface area contributed by atoms with E-state index in [9.17, 15) is 9.90 Å². The Hall–Kier alpha value is -2.40. The standard InChI is InChI=1S/C20H25N3O2/c1-22(2)19-17(9-6-12-21-19)20(25)23-13-10-16(11-14-23)18(24)15-7-4-3-5-8-15/h3-9,12,16,18,24H,10-11,13-14H2,1-2H3/t18-/m1/s1. The van der Waals surface area contributed by atoms with E-state index in [1.165, 1.54) is 0 Å². The molecule has 0 radical (unpaired) electrons. The lowest BCUT2D eigenvalue weighted by Crippen LogP contribution is -2.40. The molecule has 1 atom stereocenters. The molecule has 2 aromatic rings. The zero-order valence-electron chi connectivity index (χ0n) is 14.8. The van der Waals surface area contributed by atoms with Crippen LogP contribution in [0.4, 0.5) is 5.82 Å². The van der Waals surface area contributed by atoms with Gasteiger partial charge in [-0.2, -0.15) is 0 Å². The second-order valence-corrected chi connectivity index (χ2v) is 6.75. The quantitative estimate of drug-likeness (QED) is 0.930. The molecule has 1 aliphatic heterocycles. The number of piperidine rings is 1. The number of benzene rings is 1. The molecule has 1 aliphatic rings. The number of carbonyl (C=O) groups excluding carboxylic acids is 1. The fourth-order valence-corrected chi connectivity index (χ4v) is 3.43. The first kappa shape index (κ1) is 17.4. The Morgan fingerprint density at radius 3 is 2.48 bits per heavy atom. The van der Waals surface area contributed by atoms with E-state index < -0.39 is 6.10 Å². The van der Waals surface area contributed by atoms with Crippen LogP contribution in [0.3, 0.4) is 0 Å². The minimum Gasteiger partial charge on any atom is -0.388 e. The van der Waals surface area contributed by atoms with Crippen LogP contribution >= 0.6 is 0 Å². The van der Waals surface area contributed by atoms with E-state index in [4.69, 9.17) is 0 Å². The Morgan fingerprint density at radius 2 is 1.84 bits per heavy atom. The van der Waals surface area contributed by atoms with Crippen molar-refractivity contribution in [2.24, 2.45) is 5.92 Å². The van der Waals surface area contributed by atoms with E-state index in [0.717, 1.165) is 18.4 Å². The van der Waals surface area contributed by atoms with Gasteiger partial charge in [-0.3, -0.25) is 4.79 Å². The molecule has 2 heterocycles. The fraction of sp³-hybridized carbons (Fsp3) is 0.400. The van der Waals surface area contributed by atoms with Gasteiger partial charge in [0.15, 0.2) is 0 Å². The van der Waals surface area contributed by atoms with Gasteiger partial charge in [0.1, 0.15) is 5.82 Å². The highest BCUT2D eigenvalue weighted by atomic mass is 16.3. The molecule has 1 N–H and O–H groups in total. The maximum atomic E-state index is 12.9. The summed E-state index contributed by atoms with van der Waals surface area (Å²) >= 11 is 0. The Balaban J connectivity index is 1.65. The first-order valence-corrected chi connectivity index (χ1v) is 8.72. The summed E-state index contributed by atoms with van der Waals surface area (Å²) in [5.41, 5.74) is 1.59. The van der Waals surface area contributed by atoms with Gasteiger partial charge < -0.3 is 14.9 Å². The van der Waals surface area contributed by atoms with Crippen LogP contribution in [0.15, 0.2) is 48.7 Å². The molecule has 1 fully saturated rings. The van der Waals surface area contributed by atoms with Crippen molar-refractivity contribution in [1.82, 2.24) is 9.88 Å². The molecule has 132 valence electrons. The lowest BCUT2D eigenvalue weighted by molar-refractivity contribution is 0.0462. The van der Waals surface area contributed by atoms with Gasteiger partial charge in [-0.25, -0.2) is 4.98 Å². The van der Waals surface area contributed by atoms with Crippen molar-refractivity contribution in [1.29, 1.82) is 0 Å². The zero-order chi connectivity index (χ0) is 17.8. The fourth-order valence-electron chi connectivity index (χ4n) is 3.43. The summed E-state index contributed by atoms with van der Waals surface area (Å²) in [5.74, 6) is 0.900. The lowest BCUT2D eigenvalue weighted by atomic mass is 9.87. The molecule has 3 rings (SSSR count). The van der Waals surface area contributed by atoms with E-state index in [1.54, 1.807) is 12.3 Å². The Morgan fingerprint density at radius 1 is 1.16 bits per heavy atom. The van der Waals surface area contributed by atoms with Crippen LogP contribution in [0.2, 0.25) is 0 Å². The molecule has 5 nitrogen and oxygen atoms in total. The molecule has 0 aliphatic carbocycles. The van der Waals surface area contributed by atoms with E-state index in [2.05, 4.69) is 4.98 Å². The molecule has 0 bridgehead atoms. The van der Waals surface area contributed by atoms with Gasteiger partial charge in [-0.15, -0.1) is 0 Å². The second-order valence-electron chi connectivity index (χ2n) is 6.75. The molecule has 1 aromatic carbocycles. The lowest BCUT2D eigenvalue weighted by Gasteiger charge is -2.34. The van der Waals surface area contributed by atoms with E-state index >= 15 is 0 Å². The first-order chi connectivity index (χ1) is 12.1. The number of rotatable bonds is 4. The predicted octanol–water partition coefficient (Wildman–Crippen LogP) is 2.73. The van der Waals surface area contributed by atoms with Crippen LogP contribution in [0.1, 0.15) is 34.9 Å². The van der Waals surface area contributed by atoms with Crippen molar-refractivity contribution < 1.29 is 9.90 Å². The van der Waals surface area contributed by atoms with Crippen LogP contribution in [0, 0.1) is 5.92 Å². The zero-order valence-corrected chi connectivity index (χ0v) is 14.8. The molecular weight excluding hydrogens is 314 g/mol. The van der Waals surface area contributed by atoms with Crippen LogP contribution in [-0.4, -0.2) is 48.1 Å². The summed E-state index contributed by atoms with van der Waals surface area (Å²) in [6.45, 7) is 1.32. The molecular formula is C20H25N3O2. The number of likely N-dealkylation sites (tertiary alicyclic amines) is 1. The number of pyridine rings is 1. The summed E-state index contributed by atoms with van der Waals surface area (Å²) in [6, 6.07) is 13.4. The van der Waals surface area contributed by atoms with Gasteiger partial charge in [0, 0.05) is 33.4 Å². The van der Waals surface area contributed by atoms with Gasteiger partial charge in [0.05, 0.1) is 11.7 Å². The van der Waals surface area contributed by atoms with Crippen LogP contribution in [-0.2, 0) is 0 Å². The van der Waals surface area contributed by atoms with E-state index in [-0.39, 0.29) is 11.8 Å². The molecule has 0 unspecified atom stereocenters. The number of hydrogen-bond acceptors (Lipinski definition) is 4. The van der Waals surface area contributed by atoms with Gasteiger partial charge in [0.2, 0.25) is 0 Å². The number of hydrogen-bond donors (Lipinski definition) is 1. The highest BCUT2D eigenvalue weighted by molar-refractivity contribution is 5.98. The summed E-state index contributed by atoms with van der Waals surface area (Å²) in [5, 5.41) is 10.6. The predicted molar refractivity (Wildman–Crippen MR) is 98.6 cm³/mol. The summed E-state index contributed by atoms with van der Waals surface area (Å²) in [4.78, 5) is 20.9. The largest absolute Gasteiger partial charge is 0.388 e. The maximum Gasteiger partial charge on any atom is 0.257 e. The molecule has 1 amide bonds. The van der Waals surface area contributed by atoms with Gasteiger partial charge in [-0.1, -0.05) is 30.3 Å². The maximum absolute atomic E-state index is 12.9. The van der Waals surface area contributed by atoms with Gasteiger partial charge in [0.25, 0.3) is 5.91 Å². The van der Waals surface area contributed by atoms with Crippen molar-refractivity contribution >= 4 is 11.7 Å². The third-order valence-electron chi connectivity index (χ3n) is 4.86. The number of carbonyl (C=O) groups is 1. The van der Waals surface area contributed by atoms with Gasteiger partial charge >= 0.3 is 0 Å².